The van der Waals surface area contributed by atoms with E-state index >= 15 is 0 Å². The van der Waals surface area contributed by atoms with Crippen LogP contribution in [0.3, 0.4) is 0 Å². The zero-order valence-electron chi connectivity index (χ0n) is 7.75. The molecule has 1 aliphatic rings. The summed E-state index contributed by atoms with van der Waals surface area (Å²) >= 11 is 0. The average molecular weight is 170 g/mol. The van der Waals surface area contributed by atoms with E-state index in [0.29, 0.717) is 13.0 Å². The summed E-state index contributed by atoms with van der Waals surface area (Å²) in [4.78, 5) is 0. The quantitative estimate of drug-likeness (QED) is 0.518. The Morgan fingerprint density at radius 3 is 3.00 bits per heavy atom. The number of aliphatic hydroxyl groups is 1. The molecule has 0 saturated heterocycles. The summed E-state index contributed by atoms with van der Waals surface area (Å²) in [5, 5.41) is 9.14. The summed E-state index contributed by atoms with van der Waals surface area (Å²) in [6.45, 7) is 2.54. The molecule has 0 saturated carbocycles. The molecule has 70 valence electrons. The van der Waals surface area contributed by atoms with Gasteiger partial charge in [-0.25, -0.2) is 0 Å². The van der Waals surface area contributed by atoms with Crippen molar-refractivity contribution in [2.45, 2.75) is 45.3 Å². The standard InChI is InChI=1S/C10H18O2/c1-2-10(11)12-8-9-6-4-3-5-7-9/h6,10-11H,2-5,7-8H2,1H3. The van der Waals surface area contributed by atoms with E-state index in [4.69, 9.17) is 9.84 Å². The van der Waals surface area contributed by atoms with E-state index in [9.17, 15) is 0 Å². The smallest absolute Gasteiger partial charge is 0.154 e. The van der Waals surface area contributed by atoms with E-state index in [1.54, 1.807) is 0 Å². The zero-order chi connectivity index (χ0) is 8.81. The van der Waals surface area contributed by atoms with Gasteiger partial charge in [0.2, 0.25) is 0 Å². The summed E-state index contributed by atoms with van der Waals surface area (Å²) in [5.74, 6) is 0. The lowest BCUT2D eigenvalue weighted by Gasteiger charge is -2.15. The highest BCUT2D eigenvalue weighted by Crippen LogP contribution is 2.17. The number of hydrogen-bond acceptors (Lipinski definition) is 2. The molecule has 1 atom stereocenters. The molecule has 2 heteroatoms. The van der Waals surface area contributed by atoms with E-state index in [1.807, 2.05) is 6.92 Å². The number of allylic oxidation sites excluding steroid dienone is 1. The molecule has 1 unspecified atom stereocenters. The van der Waals surface area contributed by atoms with E-state index in [-0.39, 0.29) is 0 Å². The van der Waals surface area contributed by atoms with Crippen LogP contribution in [-0.4, -0.2) is 18.0 Å². The molecule has 0 bridgehead atoms. The largest absolute Gasteiger partial charge is 0.368 e. The second kappa shape index (κ2) is 5.33. The lowest BCUT2D eigenvalue weighted by atomic mass is 10.0. The van der Waals surface area contributed by atoms with Crippen LogP contribution < -0.4 is 0 Å². The Balaban J connectivity index is 2.17. The SMILES string of the molecule is CCC(O)OCC1=CCCCC1. The van der Waals surface area contributed by atoms with Crippen molar-refractivity contribution in [3.05, 3.63) is 11.6 Å². The van der Waals surface area contributed by atoms with Crippen LogP contribution in [0.15, 0.2) is 11.6 Å². The van der Waals surface area contributed by atoms with E-state index in [2.05, 4.69) is 6.08 Å². The molecule has 0 aromatic heterocycles. The maximum Gasteiger partial charge on any atom is 0.154 e. The highest BCUT2D eigenvalue weighted by Gasteiger charge is 2.05. The van der Waals surface area contributed by atoms with Gasteiger partial charge in [0.05, 0.1) is 6.61 Å². The highest BCUT2D eigenvalue weighted by molar-refractivity contribution is 5.05. The number of ether oxygens (including phenoxy) is 1. The zero-order valence-corrected chi connectivity index (χ0v) is 7.75. The minimum Gasteiger partial charge on any atom is -0.368 e. The second-order valence-electron chi connectivity index (χ2n) is 3.28. The van der Waals surface area contributed by atoms with Crippen molar-refractivity contribution in [1.82, 2.24) is 0 Å². The molecule has 0 aromatic carbocycles. The van der Waals surface area contributed by atoms with Gasteiger partial charge in [-0.1, -0.05) is 13.0 Å². The Labute approximate surface area is 74.2 Å². The molecule has 0 aromatic rings. The van der Waals surface area contributed by atoms with Gasteiger partial charge < -0.3 is 9.84 Å². The van der Waals surface area contributed by atoms with Gasteiger partial charge in [0.1, 0.15) is 0 Å². The maximum atomic E-state index is 9.14. The van der Waals surface area contributed by atoms with Crippen molar-refractivity contribution in [3.63, 3.8) is 0 Å². The highest BCUT2D eigenvalue weighted by atomic mass is 16.6. The van der Waals surface area contributed by atoms with Crippen LogP contribution in [0.4, 0.5) is 0 Å². The molecule has 1 aliphatic carbocycles. The molecule has 2 nitrogen and oxygen atoms in total. The van der Waals surface area contributed by atoms with Crippen LogP contribution in [0.5, 0.6) is 0 Å². The first-order valence-electron chi connectivity index (χ1n) is 4.80. The van der Waals surface area contributed by atoms with Crippen LogP contribution >= 0.6 is 0 Å². The molecule has 0 heterocycles. The van der Waals surface area contributed by atoms with Crippen molar-refractivity contribution < 1.29 is 9.84 Å². The predicted molar refractivity (Wildman–Crippen MR) is 48.8 cm³/mol. The molecule has 12 heavy (non-hydrogen) atoms. The number of aliphatic hydroxyl groups excluding tert-OH is 1. The number of rotatable bonds is 4. The summed E-state index contributed by atoms with van der Waals surface area (Å²) in [7, 11) is 0. The van der Waals surface area contributed by atoms with Crippen LogP contribution in [-0.2, 0) is 4.74 Å². The minimum absolute atomic E-state index is 0.576. The molecule has 0 fully saturated rings. The summed E-state index contributed by atoms with van der Waals surface area (Å²) in [6.07, 6.45) is 7.25. The second-order valence-corrected chi connectivity index (χ2v) is 3.28. The summed E-state index contributed by atoms with van der Waals surface area (Å²) < 4.78 is 5.22. The molecular formula is C10H18O2. The maximum absolute atomic E-state index is 9.14. The van der Waals surface area contributed by atoms with Crippen molar-refractivity contribution in [3.8, 4) is 0 Å². The van der Waals surface area contributed by atoms with Crippen LogP contribution in [0.1, 0.15) is 39.0 Å². The Bertz CT molecular complexity index is 152. The van der Waals surface area contributed by atoms with Gasteiger partial charge in [-0.2, -0.15) is 0 Å². The lowest BCUT2D eigenvalue weighted by Crippen LogP contribution is -2.13. The molecule has 0 spiro atoms. The van der Waals surface area contributed by atoms with Gasteiger partial charge in [0.25, 0.3) is 0 Å². The first-order chi connectivity index (χ1) is 5.83. The summed E-state index contributed by atoms with van der Waals surface area (Å²) in [5.41, 5.74) is 1.36. The fraction of sp³-hybridized carbons (Fsp3) is 0.800. The lowest BCUT2D eigenvalue weighted by molar-refractivity contribution is -0.0925. The minimum atomic E-state index is -0.576. The van der Waals surface area contributed by atoms with Gasteiger partial charge in [0.15, 0.2) is 6.29 Å². The first-order valence-corrected chi connectivity index (χ1v) is 4.80. The van der Waals surface area contributed by atoms with Crippen molar-refractivity contribution in [2.75, 3.05) is 6.61 Å². The van der Waals surface area contributed by atoms with Crippen molar-refractivity contribution in [2.24, 2.45) is 0 Å². The average Bonchev–Trinajstić information content (AvgIpc) is 2.16. The first kappa shape index (κ1) is 9.75. The molecule has 1 rings (SSSR count). The van der Waals surface area contributed by atoms with Gasteiger partial charge in [0, 0.05) is 0 Å². The third-order valence-corrected chi connectivity index (χ3v) is 2.20. The van der Waals surface area contributed by atoms with Gasteiger partial charge in [-0.15, -0.1) is 0 Å². The Morgan fingerprint density at radius 2 is 2.42 bits per heavy atom. The molecule has 1 N–H and O–H groups in total. The Kier molecular flexibility index (Phi) is 4.33. The Hall–Kier alpha value is -0.340. The molecule has 0 amide bonds. The molecule has 0 aliphatic heterocycles. The van der Waals surface area contributed by atoms with Crippen LogP contribution in [0, 0.1) is 0 Å². The summed E-state index contributed by atoms with van der Waals surface area (Å²) in [6, 6.07) is 0. The Morgan fingerprint density at radius 1 is 1.58 bits per heavy atom. The molecule has 0 radical (unpaired) electrons. The topological polar surface area (TPSA) is 29.5 Å². The van der Waals surface area contributed by atoms with Gasteiger partial charge >= 0.3 is 0 Å². The molecular weight excluding hydrogens is 152 g/mol. The third kappa shape index (κ3) is 3.37. The fourth-order valence-corrected chi connectivity index (χ4v) is 1.36. The van der Waals surface area contributed by atoms with Gasteiger partial charge in [-0.3, -0.25) is 0 Å². The predicted octanol–water partition coefficient (Wildman–Crippen LogP) is 2.23. The van der Waals surface area contributed by atoms with Crippen LogP contribution in [0.2, 0.25) is 0 Å². The van der Waals surface area contributed by atoms with E-state index in [0.717, 1.165) is 6.42 Å². The van der Waals surface area contributed by atoms with Crippen molar-refractivity contribution in [1.29, 1.82) is 0 Å². The van der Waals surface area contributed by atoms with Crippen LogP contribution in [0.25, 0.3) is 0 Å². The normalized spacial score (nSPS) is 20.3. The fourth-order valence-electron chi connectivity index (χ4n) is 1.36. The van der Waals surface area contributed by atoms with Gasteiger partial charge in [-0.05, 0) is 37.7 Å². The monoisotopic (exact) mass is 170 g/mol. The number of hydrogen-bond donors (Lipinski definition) is 1. The van der Waals surface area contributed by atoms with Crippen molar-refractivity contribution >= 4 is 0 Å². The van der Waals surface area contributed by atoms with E-state index < -0.39 is 6.29 Å². The third-order valence-electron chi connectivity index (χ3n) is 2.20. The van der Waals surface area contributed by atoms with E-state index in [1.165, 1.54) is 24.8 Å².